The van der Waals surface area contributed by atoms with Crippen molar-refractivity contribution in [1.82, 2.24) is 0 Å². The summed E-state index contributed by atoms with van der Waals surface area (Å²) in [6.45, 7) is 0. The predicted molar refractivity (Wildman–Crippen MR) is 65.0 cm³/mol. The molecule has 0 N–H and O–H groups in total. The van der Waals surface area contributed by atoms with E-state index in [9.17, 15) is 9.59 Å². The van der Waals surface area contributed by atoms with Crippen LogP contribution in [0.3, 0.4) is 0 Å². The number of carbonyl (C=O) groups excluding carboxylic acids is 2. The maximum absolute atomic E-state index is 11.1. The summed E-state index contributed by atoms with van der Waals surface area (Å²) in [5.41, 5.74) is 0.779. The summed E-state index contributed by atoms with van der Waals surface area (Å²) in [6.07, 6.45) is 0.246. The van der Waals surface area contributed by atoms with E-state index in [2.05, 4.69) is 0 Å². The number of benzene rings is 1. The normalized spacial score (nSPS) is 12.2. The number of hydrogen-bond acceptors (Lipinski definition) is 2. The predicted octanol–water partition coefficient (Wildman–Crippen LogP) is 3.42. The van der Waals surface area contributed by atoms with E-state index in [-0.39, 0.29) is 6.42 Å². The number of hydrogen-bond donors (Lipinski definition) is 0. The minimum Gasteiger partial charge on any atom is -0.281 e. The molecule has 1 aromatic rings. The Bertz CT molecular complexity index is 404. The molecule has 0 bridgehead atoms. The second-order valence-corrected chi connectivity index (χ2v) is 4.56. The number of halogens is 3. The van der Waals surface area contributed by atoms with Crippen molar-refractivity contribution in [3.05, 3.63) is 34.9 Å². The van der Waals surface area contributed by atoms with E-state index in [0.29, 0.717) is 11.4 Å². The molecule has 0 spiro atoms. The van der Waals surface area contributed by atoms with Crippen LogP contribution in [-0.4, -0.2) is 10.5 Å². The molecule has 1 aromatic carbocycles. The van der Waals surface area contributed by atoms with E-state index >= 15 is 0 Å². The van der Waals surface area contributed by atoms with Crippen molar-refractivity contribution in [2.45, 2.75) is 12.8 Å². The van der Waals surface area contributed by atoms with Crippen molar-refractivity contribution in [2.75, 3.05) is 0 Å². The summed E-state index contributed by atoms with van der Waals surface area (Å²) in [7, 11) is 0. The topological polar surface area (TPSA) is 34.1 Å². The second-order valence-electron chi connectivity index (χ2n) is 3.36. The van der Waals surface area contributed by atoms with Crippen molar-refractivity contribution >= 4 is 45.3 Å². The van der Waals surface area contributed by atoms with E-state index in [1.807, 2.05) is 0 Å². The van der Waals surface area contributed by atoms with Crippen LogP contribution in [0.1, 0.15) is 12.0 Å². The van der Waals surface area contributed by atoms with Gasteiger partial charge in [-0.25, -0.2) is 0 Å². The maximum atomic E-state index is 11.1. The van der Waals surface area contributed by atoms with Crippen LogP contribution in [0.15, 0.2) is 24.3 Å². The molecule has 2 nitrogen and oxygen atoms in total. The molecule has 0 radical (unpaired) electrons. The Kier molecular flexibility index (Phi) is 5.26. The van der Waals surface area contributed by atoms with Gasteiger partial charge in [-0.2, -0.15) is 0 Å². The smallest absolute Gasteiger partial charge is 0.225 e. The summed E-state index contributed by atoms with van der Waals surface area (Å²) in [6, 6.07) is 7.10. The minimum absolute atomic E-state index is 0.0743. The van der Waals surface area contributed by atoms with E-state index < -0.39 is 16.4 Å². The molecule has 0 aromatic heterocycles. The van der Waals surface area contributed by atoms with Gasteiger partial charge < -0.3 is 0 Å². The van der Waals surface area contributed by atoms with Crippen LogP contribution in [-0.2, 0) is 16.0 Å². The molecule has 1 atom stereocenters. The molecule has 0 fully saturated rings. The molecular weight excluding hydrogens is 270 g/mol. The fraction of sp³-hybridized carbons (Fsp3) is 0.273. The van der Waals surface area contributed by atoms with Crippen LogP contribution in [0.2, 0.25) is 5.02 Å². The first-order chi connectivity index (χ1) is 7.50. The second kappa shape index (κ2) is 6.24. The zero-order valence-electron chi connectivity index (χ0n) is 8.25. The quantitative estimate of drug-likeness (QED) is 0.774. The van der Waals surface area contributed by atoms with Crippen molar-refractivity contribution in [3.63, 3.8) is 0 Å². The lowest BCUT2D eigenvalue weighted by atomic mass is 9.98. The Morgan fingerprint density at radius 1 is 1.19 bits per heavy atom. The Morgan fingerprint density at radius 2 is 1.81 bits per heavy atom. The fourth-order valence-corrected chi connectivity index (χ4v) is 1.91. The molecule has 16 heavy (non-hydrogen) atoms. The minimum atomic E-state index is -0.619. The van der Waals surface area contributed by atoms with Gasteiger partial charge in [0, 0.05) is 17.4 Å². The largest absolute Gasteiger partial charge is 0.281 e. The van der Waals surface area contributed by atoms with Crippen LogP contribution in [0.25, 0.3) is 0 Å². The van der Waals surface area contributed by atoms with Crippen molar-refractivity contribution < 1.29 is 9.59 Å². The monoisotopic (exact) mass is 278 g/mol. The van der Waals surface area contributed by atoms with Crippen LogP contribution in [0.5, 0.6) is 0 Å². The summed E-state index contributed by atoms with van der Waals surface area (Å²) >= 11 is 16.6. The molecule has 5 heteroatoms. The number of rotatable bonds is 5. The summed E-state index contributed by atoms with van der Waals surface area (Å²) in [4.78, 5) is 21.9. The molecule has 0 heterocycles. The molecule has 1 unspecified atom stereocenters. The molecule has 86 valence electrons. The lowest BCUT2D eigenvalue weighted by molar-refractivity contribution is -0.119. The number of carbonyl (C=O) groups is 2. The Morgan fingerprint density at radius 3 is 2.31 bits per heavy atom. The van der Waals surface area contributed by atoms with Gasteiger partial charge in [0.2, 0.25) is 10.5 Å². The lowest BCUT2D eigenvalue weighted by Gasteiger charge is -2.11. The Hall–Kier alpha value is -0.570. The highest BCUT2D eigenvalue weighted by molar-refractivity contribution is 6.66. The van der Waals surface area contributed by atoms with E-state index in [0.717, 1.165) is 5.56 Å². The average Bonchev–Trinajstić information content (AvgIpc) is 2.19. The van der Waals surface area contributed by atoms with E-state index in [1.165, 1.54) is 0 Å². The maximum Gasteiger partial charge on any atom is 0.225 e. The Labute approximate surface area is 108 Å². The molecule has 0 aliphatic carbocycles. The summed E-state index contributed by atoms with van der Waals surface area (Å²) < 4.78 is 0. The van der Waals surface area contributed by atoms with Gasteiger partial charge >= 0.3 is 0 Å². The fourth-order valence-electron chi connectivity index (χ4n) is 1.36. The molecule has 0 saturated heterocycles. The van der Waals surface area contributed by atoms with Crippen molar-refractivity contribution in [3.8, 4) is 0 Å². The van der Waals surface area contributed by atoms with Crippen molar-refractivity contribution in [1.29, 1.82) is 0 Å². The molecule has 0 aliphatic rings. The highest BCUT2D eigenvalue weighted by Crippen LogP contribution is 2.22. The van der Waals surface area contributed by atoms with Gasteiger partial charge in [0.05, 0.1) is 0 Å². The molecular formula is C11H9Cl3O2. The third-order valence-corrected chi connectivity index (χ3v) is 2.98. The van der Waals surface area contributed by atoms with Crippen LogP contribution < -0.4 is 0 Å². The zero-order chi connectivity index (χ0) is 12.1. The first-order valence-electron chi connectivity index (χ1n) is 4.61. The van der Waals surface area contributed by atoms with Gasteiger partial charge in [-0.05, 0) is 41.3 Å². The van der Waals surface area contributed by atoms with Gasteiger partial charge in [-0.3, -0.25) is 9.59 Å². The van der Waals surface area contributed by atoms with Crippen molar-refractivity contribution in [2.24, 2.45) is 5.92 Å². The highest BCUT2D eigenvalue weighted by atomic mass is 35.5. The van der Waals surface area contributed by atoms with Crippen LogP contribution in [0, 0.1) is 5.92 Å². The standard InChI is InChI=1S/C11H9Cl3O2/c12-9-4-2-1-3-7(9)5-8(11(14)16)6-10(13)15/h1-4,8H,5-6H2. The zero-order valence-corrected chi connectivity index (χ0v) is 10.5. The van der Waals surface area contributed by atoms with Crippen LogP contribution in [0.4, 0.5) is 0 Å². The van der Waals surface area contributed by atoms with Gasteiger partial charge in [0.25, 0.3) is 0 Å². The molecule has 0 aliphatic heterocycles. The van der Waals surface area contributed by atoms with E-state index in [4.69, 9.17) is 34.8 Å². The Balaban J connectivity index is 2.80. The van der Waals surface area contributed by atoms with Gasteiger partial charge in [-0.1, -0.05) is 29.8 Å². The van der Waals surface area contributed by atoms with Gasteiger partial charge in [0.15, 0.2) is 0 Å². The average molecular weight is 280 g/mol. The highest BCUT2D eigenvalue weighted by Gasteiger charge is 2.20. The van der Waals surface area contributed by atoms with Gasteiger partial charge in [0.1, 0.15) is 0 Å². The summed E-state index contributed by atoms with van der Waals surface area (Å²) in [5.74, 6) is -0.619. The van der Waals surface area contributed by atoms with Gasteiger partial charge in [-0.15, -0.1) is 0 Å². The summed E-state index contributed by atoms with van der Waals surface area (Å²) in [5, 5.41) is -0.604. The first kappa shape index (κ1) is 13.5. The molecule has 0 amide bonds. The lowest BCUT2D eigenvalue weighted by Crippen LogP contribution is -2.15. The SMILES string of the molecule is O=C(Cl)CC(Cc1ccccc1Cl)C(=O)Cl. The van der Waals surface area contributed by atoms with Crippen LogP contribution >= 0.6 is 34.8 Å². The molecule has 0 saturated carbocycles. The third kappa shape index (κ3) is 4.12. The molecule has 1 rings (SSSR count). The van der Waals surface area contributed by atoms with E-state index in [1.54, 1.807) is 24.3 Å². The first-order valence-corrected chi connectivity index (χ1v) is 5.75. The third-order valence-electron chi connectivity index (χ3n) is 2.15.